The van der Waals surface area contributed by atoms with Crippen LogP contribution in [-0.2, 0) is 6.42 Å². The van der Waals surface area contributed by atoms with E-state index in [9.17, 15) is 4.79 Å². The first-order valence-corrected chi connectivity index (χ1v) is 9.90. The van der Waals surface area contributed by atoms with Gasteiger partial charge in [0.2, 0.25) is 0 Å². The number of carbonyl (C=O) groups excluding carboxylic acids is 1. The average Bonchev–Trinajstić information content (AvgIpc) is 3.11. The molecule has 0 aliphatic heterocycles. The molecule has 2 fully saturated rings. The maximum Gasteiger partial charge on any atom is 0.169 e. The summed E-state index contributed by atoms with van der Waals surface area (Å²) in [7, 11) is 0. The third kappa shape index (κ3) is 2.08. The van der Waals surface area contributed by atoms with Crippen LogP contribution in [0.2, 0.25) is 0 Å². The summed E-state index contributed by atoms with van der Waals surface area (Å²) >= 11 is 0. The number of nitrogen functional groups attached to an aromatic ring is 1. The highest BCUT2D eigenvalue weighted by molar-refractivity contribution is 6.10. The maximum absolute atomic E-state index is 13.0. The normalized spacial score (nSPS) is 20.1. The van der Waals surface area contributed by atoms with Gasteiger partial charge in [-0.3, -0.25) is 4.79 Å². The SMILES string of the molecule is Nc1ncnc2c1c1c(n2C2CCCC2)CCC(=O)c2c-1noc2C1CC1. The van der Waals surface area contributed by atoms with Gasteiger partial charge in [-0.1, -0.05) is 18.0 Å². The van der Waals surface area contributed by atoms with Crippen LogP contribution in [0.15, 0.2) is 10.9 Å². The molecule has 7 heteroatoms. The van der Waals surface area contributed by atoms with Crippen LogP contribution in [0.3, 0.4) is 0 Å². The number of fused-ring (bicyclic) bond motifs is 5. The Morgan fingerprint density at radius 3 is 2.67 bits per heavy atom. The van der Waals surface area contributed by atoms with E-state index in [0.717, 1.165) is 53.7 Å². The minimum absolute atomic E-state index is 0.130. The van der Waals surface area contributed by atoms with Crippen LogP contribution in [-0.4, -0.2) is 25.5 Å². The quantitative estimate of drug-likeness (QED) is 0.743. The van der Waals surface area contributed by atoms with Crippen molar-refractivity contribution >= 4 is 22.6 Å². The summed E-state index contributed by atoms with van der Waals surface area (Å²) in [5.41, 5.74) is 10.5. The molecule has 3 aromatic rings. The summed E-state index contributed by atoms with van der Waals surface area (Å²) < 4.78 is 8.01. The fourth-order valence-corrected chi connectivity index (χ4v) is 4.98. The zero-order valence-corrected chi connectivity index (χ0v) is 15.1. The molecule has 3 aliphatic carbocycles. The predicted octanol–water partition coefficient (Wildman–Crippen LogP) is 3.79. The van der Waals surface area contributed by atoms with Crippen LogP contribution in [0.1, 0.15) is 78.7 Å². The van der Waals surface area contributed by atoms with Crippen LogP contribution < -0.4 is 5.73 Å². The minimum Gasteiger partial charge on any atom is -0.383 e. The van der Waals surface area contributed by atoms with Gasteiger partial charge in [-0.05, 0) is 32.1 Å². The van der Waals surface area contributed by atoms with E-state index in [0.29, 0.717) is 41.9 Å². The van der Waals surface area contributed by atoms with Crippen LogP contribution in [0, 0.1) is 0 Å². The molecule has 0 amide bonds. The zero-order chi connectivity index (χ0) is 18.1. The number of nitrogens with two attached hydrogens (primary N) is 1. The second-order valence-corrected chi connectivity index (χ2v) is 8.06. The fraction of sp³-hybridized carbons (Fsp3) is 0.500. The van der Waals surface area contributed by atoms with E-state index < -0.39 is 0 Å². The largest absolute Gasteiger partial charge is 0.383 e. The lowest BCUT2D eigenvalue weighted by molar-refractivity contribution is 0.0981. The summed E-state index contributed by atoms with van der Waals surface area (Å²) in [6.45, 7) is 0. The molecule has 0 bridgehead atoms. The standard InChI is InChI=1S/C20H21N5O2/c21-19-16-14-12(25(11-3-1-2-4-11)20(16)23-9-22-19)7-8-13(26)15-17(14)24-27-18(15)10-5-6-10/h9-11H,1-8H2,(H2,21,22,23). The average molecular weight is 363 g/mol. The lowest BCUT2D eigenvalue weighted by atomic mass is 10.0. The van der Waals surface area contributed by atoms with Crippen molar-refractivity contribution in [2.24, 2.45) is 0 Å². The molecule has 7 nitrogen and oxygen atoms in total. The van der Waals surface area contributed by atoms with E-state index in [1.165, 1.54) is 19.2 Å². The summed E-state index contributed by atoms with van der Waals surface area (Å²) in [6.07, 6.45) is 9.53. The highest BCUT2D eigenvalue weighted by atomic mass is 16.5. The summed E-state index contributed by atoms with van der Waals surface area (Å²) in [4.78, 5) is 21.8. The van der Waals surface area contributed by atoms with Crippen LogP contribution in [0.4, 0.5) is 5.82 Å². The number of rotatable bonds is 2. The molecule has 0 spiro atoms. The van der Waals surface area contributed by atoms with Gasteiger partial charge in [-0.25, -0.2) is 9.97 Å². The zero-order valence-electron chi connectivity index (χ0n) is 15.1. The van der Waals surface area contributed by atoms with Gasteiger partial charge in [-0.2, -0.15) is 0 Å². The van der Waals surface area contributed by atoms with Crippen LogP contribution in [0.25, 0.3) is 22.3 Å². The van der Waals surface area contributed by atoms with E-state index in [1.54, 1.807) is 0 Å². The van der Waals surface area contributed by atoms with E-state index in [4.69, 9.17) is 10.3 Å². The van der Waals surface area contributed by atoms with Crippen molar-refractivity contribution < 1.29 is 9.32 Å². The fourth-order valence-electron chi connectivity index (χ4n) is 4.98. The molecule has 0 atom stereocenters. The first kappa shape index (κ1) is 15.4. The van der Waals surface area contributed by atoms with Gasteiger partial charge >= 0.3 is 0 Å². The summed E-state index contributed by atoms with van der Waals surface area (Å²) in [5, 5.41) is 5.21. The first-order valence-electron chi connectivity index (χ1n) is 9.90. The molecule has 2 N–H and O–H groups in total. The monoisotopic (exact) mass is 363 g/mol. The molecule has 0 unspecified atom stereocenters. The lowest BCUT2D eigenvalue weighted by Crippen LogP contribution is -2.10. The summed E-state index contributed by atoms with van der Waals surface area (Å²) in [6, 6.07) is 0.400. The molecule has 2 saturated carbocycles. The van der Waals surface area contributed by atoms with Gasteiger partial charge in [-0.15, -0.1) is 0 Å². The van der Waals surface area contributed by atoms with E-state index >= 15 is 0 Å². The van der Waals surface area contributed by atoms with Crippen LogP contribution in [0.5, 0.6) is 0 Å². The van der Waals surface area contributed by atoms with Gasteiger partial charge in [0.05, 0.1) is 10.9 Å². The van der Waals surface area contributed by atoms with Crippen molar-refractivity contribution in [1.82, 2.24) is 19.7 Å². The third-order valence-electron chi connectivity index (χ3n) is 6.38. The van der Waals surface area contributed by atoms with Crippen molar-refractivity contribution in [3.8, 4) is 11.3 Å². The first-order chi connectivity index (χ1) is 13.2. The smallest absolute Gasteiger partial charge is 0.169 e. The van der Waals surface area contributed by atoms with Crippen molar-refractivity contribution in [3.63, 3.8) is 0 Å². The predicted molar refractivity (Wildman–Crippen MR) is 99.6 cm³/mol. The van der Waals surface area contributed by atoms with Crippen molar-refractivity contribution in [2.45, 2.75) is 63.3 Å². The third-order valence-corrected chi connectivity index (χ3v) is 6.38. The van der Waals surface area contributed by atoms with Crippen molar-refractivity contribution in [1.29, 1.82) is 0 Å². The number of carbonyl (C=O) groups is 1. The van der Waals surface area contributed by atoms with Gasteiger partial charge in [0.15, 0.2) is 11.5 Å². The van der Waals surface area contributed by atoms with Gasteiger partial charge in [0.25, 0.3) is 0 Å². The molecular weight excluding hydrogens is 342 g/mol. The Morgan fingerprint density at radius 2 is 1.89 bits per heavy atom. The molecule has 3 aromatic heterocycles. The molecule has 6 rings (SSSR count). The number of hydrogen-bond acceptors (Lipinski definition) is 6. The van der Waals surface area contributed by atoms with Crippen molar-refractivity contribution in [3.05, 3.63) is 23.3 Å². The van der Waals surface area contributed by atoms with E-state index in [1.807, 2.05) is 0 Å². The Morgan fingerprint density at radius 1 is 1.07 bits per heavy atom. The molecular formula is C20H21N5O2. The molecule has 0 saturated heterocycles. The molecule has 0 radical (unpaired) electrons. The minimum atomic E-state index is 0.130. The summed E-state index contributed by atoms with van der Waals surface area (Å²) in [5.74, 6) is 1.68. The molecule has 0 aromatic carbocycles. The Kier molecular flexibility index (Phi) is 3.08. The topological polar surface area (TPSA) is 99.8 Å². The molecule has 3 heterocycles. The molecule has 138 valence electrons. The van der Waals surface area contributed by atoms with Crippen LogP contribution >= 0.6 is 0 Å². The second-order valence-electron chi connectivity index (χ2n) is 8.06. The Balaban J connectivity index is 1.70. The number of aromatic nitrogens is 4. The molecule has 3 aliphatic rings. The Labute approximate surface area is 155 Å². The number of nitrogens with zero attached hydrogens (tertiary/aromatic N) is 4. The Bertz CT molecular complexity index is 1090. The second kappa shape index (κ2) is 5.41. The highest BCUT2D eigenvalue weighted by Gasteiger charge is 2.39. The van der Waals surface area contributed by atoms with Gasteiger partial charge in [0, 0.05) is 29.6 Å². The highest BCUT2D eigenvalue weighted by Crippen LogP contribution is 2.49. The van der Waals surface area contributed by atoms with Crippen molar-refractivity contribution in [2.75, 3.05) is 5.73 Å². The number of ketones is 1. The maximum atomic E-state index is 13.0. The lowest BCUT2D eigenvalue weighted by Gasteiger charge is -2.17. The number of Topliss-reactive ketones (excluding diaryl/α,β-unsaturated/α-hetero) is 1. The number of hydrogen-bond donors (Lipinski definition) is 1. The Hall–Kier alpha value is -2.70. The van der Waals surface area contributed by atoms with E-state index in [2.05, 4.69) is 19.7 Å². The number of anilines is 1. The van der Waals surface area contributed by atoms with Gasteiger partial charge in [0.1, 0.15) is 23.5 Å². The molecule has 27 heavy (non-hydrogen) atoms. The van der Waals surface area contributed by atoms with E-state index in [-0.39, 0.29) is 5.78 Å². The van der Waals surface area contributed by atoms with Gasteiger partial charge < -0.3 is 14.8 Å².